The highest BCUT2D eigenvalue weighted by Gasteiger charge is 2.21. The van der Waals surface area contributed by atoms with Gasteiger partial charge in [0.25, 0.3) is 5.91 Å². The maximum absolute atomic E-state index is 13.1. The Labute approximate surface area is 110 Å². The summed E-state index contributed by atoms with van der Waals surface area (Å²) in [6, 6.07) is 10.8. The number of hydrogen-bond acceptors (Lipinski definition) is 2. The first-order valence-electron chi connectivity index (χ1n) is 6.21. The van der Waals surface area contributed by atoms with Gasteiger partial charge < -0.3 is 4.90 Å². The number of aromatic nitrogens is 1. The molecule has 0 unspecified atom stereocenters. The fraction of sp³-hybridized carbons (Fsp3) is 0.200. The maximum Gasteiger partial charge on any atom is 0.254 e. The van der Waals surface area contributed by atoms with Crippen LogP contribution in [-0.4, -0.2) is 22.3 Å². The molecule has 19 heavy (non-hydrogen) atoms. The van der Waals surface area contributed by atoms with Crippen molar-refractivity contribution in [2.45, 2.75) is 13.0 Å². The number of halogens is 1. The predicted octanol–water partition coefficient (Wildman–Crippen LogP) is 2.42. The maximum atomic E-state index is 13.1. The second-order valence-corrected chi connectivity index (χ2v) is 4.61. The summed E-state index contributed by atoms with van der Waals surface area (Å²) < 4.78 is 13.1. The standard InChI is InChI=1S/C15H13FN2O/c16-14-9-12(5-7-17-14)15(19)18-8-6-11-3-1-2-4-13(11)10-18/h1-5,7,9H,6,8,10H2. The predicted molar refractivity (Wildman–Crippen MR) is 69.1 cm³/mol. The van der Waals surface area contributed by atoms with Crippen LogP contribution in [0.4, 0.5) is 4.39 Å². The molecule has 0 N–H and O–H groups in total. The van der Waals surface area contributed by atoms with Crippen LogP contribution in [0.3, 0.4) is 0 Å². The van der Waals surface area contributed by atoms with Crippen LogP contribution in [0.2, 0.25) is 0 Å². The van der Waals surface area contributed by atoms with E-state index in [0.29, 0.717) is 18.7 Å². The Balaban J connectivity index is 1.83. The van der Waals surface area contributed by atoms with Gasteiger partial charge in [0, 0.05) is 30.9 Å². The number of carbonyl (C=O) groups excluding carboxylic acids is 1. The average Bonchev–Trinajstić information content (AvgIpc) is 2.46. The van der Waals surface area contributed by atoms with Crippen molar-refractivity contribution in [2.24, 2.45) is 0 Å². The van der Waals surface area contributed by atoms with Gasteiger partial charge in [0.1, 0.15) is 0 Å². The molecule has 0 radical (unpaired) electrons. The van der Waals surface area contributed by atoms with E-state index in [-0.39, 0.29) is 5.91 Å². The highest BCUT2D eigenvalue weighted by molar-refractivity contribution is 5.94. The molecule has 0 saturated heterocycles. The summed E-state index contributed by atoms with van der Waals surface area (Å²) in [6.07, 6.45) is 2.16. The third-order valence-electron chi connectivity index (χ3n) is 3.39. The first-order valence-corrected chi connectivity index (χ1v) is 6.21. The van der Waals surface area contributed by atoms with E-state index in [1.807, 2.05) is 18.2 Å². The van der Waals surface area contributed by atoms with E-state index in [1.54, 1.807) is 11.0 Å². The minimum absolute atomic E-state index is 0.143. The van der Waals surface area contributed by atoms with Gasteiger partial charge in [-0.1, -0.05) is 24.3 Å². The van der Waals surface area contributed by atoms with Crippen LogP contribution in [0, 0.1) is 5.95 Å². The molecule has 1 aromatic heterocycles. The summed E-state index contributed by atoms with van der Waals surface area (Å²) in [7, 11) is 0. The highest BCUT2D eigenvalue weighted by atomic mass is 19.1. The zero-order valence-electron chi connectivity index (χ0n) is 10.3. The van der Waals surface area contributed by atoms with Gasteiger partial charge in [-0.2, -0.15) is 4.39 Å². The van der Waals surface area contributed by atoms with Crippen molar-refractivity contribution in [3.63, 3.8) is 0 Å². The molecular formula is C15H13FN2O. The van der Waals surface area contributed by atoms with Gasteiger partial charge in [-0.25, -0.2) is 4.98 Å². The number of fused-ring (bicyclic) bond motifs is 1. The molecule has 1 amide bonds. The molecule has 2 heterocycles. The summed E-state index contributed by atoms with van der Waals surface area (Å²) in [5, 5.41) is 0. The van der Waals surface area contributed by atoms with Gasteiger partial charge in [-0.15, -0.1) is 0 Å². The van der Waals surface area contributed by atoms with Crippen LogP contribution in [0.15, 0.2) is 42.6 Å². The summed E-state index contributed by atoms with van der Waals surface area (Å²) in [5.74, 6) is -0.765. The zero-order chi connectivity index (χ0) is 13.2. The molecule has 3 rings (SSSR count). The monoisotopic (exact) mass is 256 g/mol. The Kier molecular flexibility index (Phi) is 2.99. The molecule has 0 aliphatic carbocycles. The molecule has 4 heteroatoms. The van der Waals surface area contributed by atoms with Crippen LogP contribution >= 0.6 is 0 Å². The SMILES string of the molecule is O=C(c1ccnc(F)c1)N1CCc2ccccc2C1. The highest BCUT2D eigenvalue weighted by Crippen LogP contribution is 2.20. The van der Waals surface area contributed by atoms with Crippen molar-refractivity contribution < 1.29 is 9.18 Å². The van der Waals surface area contributed by atoms with Gasteiger partial charge in [0.15, 0.2) is 0 Å². The molecule has 1 aliphatic heterocycles. The molecule has 1 aromatic carbocycles. The van der Waals surface area contributed by atoms with Gasteiger partial charge in [-0.05, 0) is 23.6 Å². The summed E-state index contributed by atoms with van der Waals surface area (Å²) in [4.78, 5) is 17.5. The van der Waals surface area contributed by atoms with Crippen molar-refractivity contribution in [1.82, 2.24) is 9.88 Å². The van der Waals surface area contributed by atoms with Crippen molar-refractivity contribution in [2.75, 3.05) is 6.54 Å². The van der Waals surface area contributed by atoms with E-state index in [4.69, 9.17) is 0 Å². The van der Waals surface area contributed by atoms with Gasteiger partial charge in [0.2, 0.25) is 5.95 Å². The van der Waals surface area contributed by atoms with Crippen molar-refractivity contribution in [3.05, 3.63) is 65.2 Å². The van der Waals surface area contributed by atoms with Crippen molar-refractivity contribution in [3.8, 4) is 0 Å². The zero-order valence-corrected chi connectivity index (χ0v) is 10.3. The summed E-state index contributed by atoms with van der Waals surface area (Å²) in [6.45, 7) is 1.25. The number of pyridine rings is 1. The van der Waals surface area contributed by atoms with Crippen molar-refractivity contribution >= 4 is 5.91 Å². The number of hydrogen-bond donors (Lipinski definition) is 0. The minimum Gasteiger partial charge on any atom is -0.334 e. The first-order chi connectivity index (χ1) is 9.24. The van der Waals surface area contributed by atoms with E-state index < -0.39 is 5.95 Å². The van der Waals surface area contributed by atoms with Crippen LogP contribution in [0.1, 0.15) is 21.5 Å². The van der Waals surface area contributed by atoms with E-state index in [1.165, 1.54) is 17.8 Å². The lowest BCUT2D eigenvalue weighted by Crippen LogP contribution is -2.36. The first kappa shape index (κ1) is 11.8. The van der Waals surface area contributed by atoms with Crippen LogP contribution in [-0.2, 0) is 13.0 Å². The second kappa shape index (κ2) is 4.80. The molecule has 0 fully saturated rings. The average molecular weight is 256 g/mol. The number of rotatable bonds is 1. The molecule has 0 bridgehead atoms. The smallest absolute Gasteiger partial charge is 0.254 e. The normalized spacial score (nSPS) is 14.1. The van der Waals surface area contributed by atoms with Gasteiger partial charge in [-0.3, -0.25) is 4.79 Å². The number of amides is 1. The number of benzene rings is 1. The Morgan fingerprint density at radius 1 is 1.21 bits per heavy atom. The lowest BCUT2D eigenvalue weighted by Gasteiger charge is -2.28. The van der Waals surface area contributed by atoms with Gasteiger partial charge >= 0.3 is 0 Å². The molecule has 96 valence electrons. The number of carbonyl (C=O) groups is 1. The van der Waals surface area contributed by atoms with Crippen molar-refractivity contribution in [1.29, 1.82) is 0 Å². The lowest BCUT2D eigenvalue weighted by molar-refractivity contribution is 0.0734. The van der Waals surface area contributed by atoms with Crippen LogP contribution in [0.25, 0.3) is 0 Å². The third kappa shape index (κ3) is 2.34. The van der Waals surface area contributed by atoms with Gasteiger partial charge in [0.05, 0.1) is 0 Å². The molecule has 2 aromatic rings. The quantitative estimate of drug-likeness (QED) is 0.734. The lowest BCUT2D eigenvalue weighted by atomic mass is 9.99. The van der Waals surface area contributed by atoms with Crippen LogP contribution in [0.5, 0.6) is 0 Å². The Hall–Kier alpha value is -2.23. The number of nitrogens with zero attached hydrogens (tertiary/aromatic N) is 2. The molecule has 0 spiro atoms. The molecule has 0 saturated carbocycles. The molecular weight excluding hydrogens is 243 g/mol. The van der Waals surface area contributed by atoms with E-state index >= 15 is 0 Å². The Morgan fingerprint density at radius 3 is 2.79 bits per heavy atom. The Morgan fingerprint density at radius 2 is 2.00 bits per heavy atom. The topological polar surface area (TPSA) is 33.2 Å². The Bertz CT molecular complexity index is 627. The van der Waals surface area contributed by atoms with E-state index in [2.05, 4.69) is 11.1 Å². The van der Waals surface area contributed by atoms with Crippen LogP contribution < -0.4 is 0 Å². The fourth-order valence-corrected chi connectivity index (χ4v) is 2.39. The second-order valence-electron chi connectivity index (χ2n) is 4.61. The summed E-state index contributed by atoms with van der Waals surface area (Å²) >= 11 is 0. The third-order valence-corrected chi connectivity index (χ3v) is 3.39. The fourth-order valence-electron chi connectivity index (χ4n) is 2.39. The molecule has 3 nitrogen and oxygen atoms in total. The molecule has 0 atom stereocenters. The molecule has 1 aliphatic rings. The minimum atomic E-state index is -0.622. The van der Waals surface area contributed by atoms with E-state index in [0.717, 1.165) is 12.0 Å². The summed E-state index contributed by atoms with van der Waals surface area (Å²) in [5.41, 5.74) is 2.80. The largest absolute Gasteiger partial charge is 0.334 e. The van der Waals surface area contributed by atoms with E-state index in [9.17, 15) is 9.18 Å².